The van der Waals surface area contributed by atoms with Gasteiger partial charge < -0.3 is 9.47 Å². The third kappa shape index (κ3) is 4.63. The molecule has 3 aromatic rings. The zero-order chi connectivity index (χ0) is 20.8. The van der Waals surface area contributed by atoms with Gasteiger partial charge in [-0.05, 0) is 36.8 Å². The number of halogens is 1. The monoisotopic (exact) mass is 411 g/mol. The topological polar surface area (TPSA) is 48.1 Å². The van der Waals surface area contributed by atoms with Gasteiger partial charge in [0.1, 0.15) is 17.3 Å². The summed E-state index contributed by atoms with van der Waals surface area (Å²) in [6, 6.07) is 11.9. The number of nitrogens with zero attached hydrogens (tertiary/aromatic N) is 3. The molecule has 2 aromatic carbocycles. The summed E-state index contributed by atoms with van der Waals surface area (Å²) in [7, 11) is 3.23. The number of thiazole rings is 1. The number of hydrogen-bond acceptors (Lipinski definition) is 5. The van der Waals surface area contributed by atoms with E-state index in [2.05, 4.69) is 11.6 Å². The van der Waals surface area contributed by atoms with E-state index in [-0.39, 0.29) is 5.82 Å². The van der Waals surface area contributed by atoms with E-state index in [1.54, 1.807) is 37.1 Å². The Kier molecular flexibility index (Phi) is 6.61. The van der Waals surface area contributed by atoms with Crippen LogP contribution in [0.5, 0.6) is 11.5 Å². The van der Waals surface area contributed by atoms with Crippen LogP contribution in [-0.2, 0) is 0 Å². The van der Waals surface area contributed by atoms with Gasteiger partial charge in [-0.1, -0.05) is 18.2 Å². The van der Waals surface area contributed by atoms with E-state index in [0.29, 0.717) is 18.0 Å². The first-order chi connectivity index (χ1) is 14.1. The first kappa shape index (κ1) is 20.5. The minimum absolute atomic E-state index is 0.282. The Hall–Kier alpha value is -3.19. The van der Waals surface area contributed by atoms with E-state index >= 15 is 0 Å². The quantitative estimate of drug-likeness (QED) is 0.417. The first-order valence-corrected chi connectivity index (χ1v) is 9.81. The molecule has 0 amide bonds. The van der Waals surface area contributed by atoms with Crippen molar-refractivity contribution < 1.29 is 13.9 Å². The molecular formula is C22H22FN3O2S. The number of rotatable bonds is 7. The minimum Gasteiger partial charge on any atom is -0.497 e. The Morgan fingerprint density at radius 1 is 1.17 bits per heavy atom. The van der Waals surface area contributed by atoms with Gasteiger partial charge in [-0.15, -0.1) is 17.9 Å². The lowest BCUT2D eigenvalue weighted by Crippen LogP contribution is -2.14. The fourth-order valence-corrected chi connectivity index (χ4v) is 3.57. The van der Waals surface area contributed by atoms with Crippen molar-refractivity contribution in [3.05, 3.63) is 76.7 Å². The molecule has 0 fully saturated rings. The SMILES string of the molecule is C=CCN=c1scc(-c2ccc(OC)cc2OC)n1N=C(C)c1ccc(F)cc1. The molecule has 0 aliphatic rings. The van der Waals surface area contributed by atoms with Crippen LogP contribution in [0.3, 0.4) is 0 Å². The van der Waals surface area contributed by atoms with E-state index in [0.717, 1.165) is 27.3 Å². The van der Waals surface area contributed by atoms with Gasteiger partial charge in [0.2, 0.25) is 4.80 Å². The third-order valence-electron chi connectivity index (χ3n) is 4.24. The number of benzene rings is 2. The molecular weight excluding hydrogens is 389 g/mol. The highest BCUT2D eigenvalue weighted by Crippen LogP contribution is 2.33. The van der Waals surface area contributed by atoms with Gasteiger partial charge in [0.15, 0.2) is 0 Å². The van der Waals surface area contributed by atoms with Crippen LogP contribution in [0, 0.1) is 5.82 Å². The molecule has 0 saturated heterocycles. The Bertz CT molecular complexity index is 1100. The largest absolute Gasteiger partial charge is 0.497 e. The molecule has 0 saturated carbocycles. The smallest absolute Gasteiger partial charge is 0.206 e. The average Bonchev–Trinajstić information content (AvgIpc) is 3.14. The summed E-state index contributed by atoms with van der Waals surface area (Å²) in [5.74, 6) is 1.09. The fraction of sp³-hybridized carbons (Fsp3) is 0.182. The molecule has 0 aliphatic heterocycles. The van der Waals surface area contributed by atoms with E-state index in [4.69, 9.17) is 14.6 Å². The third-order valence-corrected chi connectivity index (χ3v) is 5.09. The van der Waals surface area contributed by atoms with Crippen molar-refractivity contribution in [3.8, 4) is 22.8 Å². The summed E-state index contributed by atoms with van der Waals surface area (Å²) in [6.45, 7) is 6.09. The maximum atomic E-state index is 13.3. The van der Waals surface area contributed by atoms with Gasteiger partial charge in [0, 0.05) is 17.0 Å². The molecule has 3 rings (SSSR count). The summed E-state index contributed by atoms with van der Waals surface area (Å²) in [5.41, 5.74) is 3.25. The minimum atomic E-state index is -0.282. The average molecular weight is 412 g/mol. The molecule has 0 bridgehead atoms. The predicted molar refractivity (Wildman–Crippen MR) is 115 cm³/mol. The Morgan fingerprint density at radius 2 is 1.93 bits per heavy atom. The van der Waals surface area contributed by atoms with Crippen LogP contribution in [0.2, 0.25) is 0 Å². The van der Waals surface area contributed by atoms with Gasteiger partial charge in [0.05, 0.1) is 32.2 Å². The van der Waals surface area contributed by atoms with Gasteiger partial charge in [-0.2, -0.15) is 5.10 Å². The lowest BCUT2D eigenvalue weighted by atomic mass is 10.1. The van der Waals surface area contributed by atoms with Gasteiger partial charge in [0.25, 0.3) is 0 Å². The maximum absolute atomic E-state index is 13.3. The fourth-order valence-electron chi connectivity index (χ4n) is 2.74. The second kappa shape index (κ2) is 9.34. The lowest BCUT2D eigenvalue weighted by Gasteiger charge is -2.11. The molecule has 0 N–H and O–H groups in total. The van der Waals surface area contributed by atoms with Crippen LogP contribution in [0.1, 0.15) is 12.5 Å². The van der Waals surface area contributed by atoms with Crippen molar-refractivity contribution in [1.82, 2.24) is 4.68 Å². The van der Waals surface area contributed by atoms with E-state index in [1.165, 1.54) is 23.5 Å². The molecule has 29 heavy (non-hydrogen) atoms. The van der Waals surface area contributed by atoms with Crippen LogP contribution in [0.4, 0.5) is 4.39 Å². The Balaban J connectivity index is 2.17. The van der Waals surface area contributed by atoms with Crippen molar-refractivity contribution in [2.45, 2.75) is 6.92 Å². The van der Waals surface area contributed by atoms with Gasteiger partial charge in [-0.3, -0.25) is 4.99 Å². The molecule has 1 heterocycles. The lowest BCUT2D eigenvalue weighted by molar-refractivity contribution is 0.395. The van der Waals surface area contributed by atoms with Crippen molar-refractivity contribution in [2.75, 3.05) is 20.8 Å². The van der Waals surface area contributed by atoms with Crippen molar-refractivity contribution in [2.24, 2.45) is 10.1 Å². The van der Waals surface area contributed by atoms with Crippen LogP contribution >= 0.6 is 11.3 Å². The van der Waals surface area contributed by atoms with E-state index in [9.17, 15) is 4.39 Å². The van der Waals surface area contributed by atoms with Crippen molar-refractivity contribution in [3.63, 3.8) is 0 Å². The first-order valence-electron chi connectivity index (χ1n) is 8.93. The highest BCUT2D eigenvalue weighted by atomic mass is 32.1. The zero-order valence-corrected chi connectivity index (χ0v) is 17.4. The second-order valence-electron chi connectivity index (χ2n) is 6.10. The Labute approximate surface area is 173 Å². The molecule has 0 unspecified atom stereocenters. The van der Waals surface area contributed by atoms with Crippen LogP contribution < -0.4 is 14.3 Å². The summed E-state index contributed by atoms with van der Waals surface area (Å²) in [6.07, 6.45) is 1.73. The second-order valence-corrected chi connectivity index (χ2v) is 6.94. The molecule has 0 aliphatic carbocycles. The van der Waals surface area contributed by atoms with E-state index in [1.807, 2.05) is 30.5 Å². The normalized spacial score (nSPS) is 12.1. The summed E-state index contributed by atoms with van der Waals surface area (Å²) < 4.78 is 25.9. The summed E-state index contributed by atoms with van der Waals surface area (Å²) in [5, 5.41) is 6.75. The van der Waals surface area contributed by atoms with E-state index < -0.39 is 0 Å². The van der Waals surface area contributed by atoms with Crippen molar-refractivity contribution >= 4 is 17.0 Å². The molecule has 5 nitrogen and oxygen atoms in total. The molecule has 0 atom stereocenters. The highest BCUT2D eigenvalue weighted by molar-refractivity contribution is 7.07. The molecule has 150 valence electrons. The van der Waals surface area contributed by atoms with Crippen LogP contribution in [0.25, 0.3) is 11.3 Å². The van der Waals surface area contributed by atoms with Crippen LogP contribution in [-0.4, -0.2) is 31.2 Å². The molecule has 0 spiro atoms. The predicted octanol–water partition coefficient (Wildman–Crippen LogP) is 4.73. The van der Waals surface area contributed by atoms with Gasteiger partial charge >= 0.3 is 0 Å². The van der Waals surface area contributed by atoms with Gasteiger partial charge in [-0.25, -0.2) is 9.07 Å². The number of methoxy groups -OCH3 is 2. The van der Waals surface area contributed by atoms with Crippen LogP contribution in [0.15, 0.2) is 70.6 Å². The maximum Gasteiger partial charge on any atom is 0.206 e. The molecule has 0 radical (unpaired) electrons. The summed E-state index contributed by atoms with van der Waals surface area (Å²) >= 11 is 1.47. The van der Waals surface area contributed by atoms with Crippen molar-refractivity contribution in [1.29, 1.82) is 0 Å². The number of aromatic nitrogens is 1. The molecule has 1 aromatic heterocycles. The number of hydrogen-bond donors (Lipinski definition) is 0. The number of ether oxygens (including phenoxy) is 2. The zero-order valence-electron chi connectivity index (χ0n) is 16.6. The standard InChI is InChI=1S/C22H22FN3O2S/c1-5-12-24-22-26(25-15(2)16-6-8-17(23)9-7-16)20(14-29-22)19-11-10-18(27-3)13-21(19)28-4/h5-11,13-14H,1,12H2,2-4H3. The highest BCUT2D eigenvalue weighted by Gasteiger charge is 2.14. The molecule has 7 heteroatoms. The Morgan fingerprint density at radius 3 is 2.59 bits per heavy atom. The summed E-state index contributed by atoms with van der Waals surface area (Å²) in [4.78, 5) is 5.27.